The van der Waals surface area contributed by atoms with Gasteiger partial charge in [-0.25, -0.2) is 14.4 Å². The summed E-state index contributed by atoms with van der Waals surface area (Å²) in [5, 5.41) is 2.87. The standard InChI is InChI=1S/C12H19ClFN3/c1-8-10(14)11(17-7-16-8)15-6-9(13)5-12(2,3)4/h7,9H,5-6H2,1-4H3,(H,15,16,17). The molecule has 0 aromatic carbocycles. The zero-order valence-electron chi connectivity index (χ0n) is 10.7. The summed E-state index contributed by atoms with van der Waals surface area (Å²) in [6.45, 7) is 8.47. The lowest BCUT2D eigenvalue weighted by Crippen LogP contribution is -2.21. The van der Waals surface area contributed by atoms with E-state index < -0.39 is 5.82 Å². The van der Waals surface area contributed by atoms with E-state index in [1.165, 1.54) is 6.33 Å². The first-order chi connectivity index (χ1) is 7.79. The van der Waals surface area contributed by atoms with Crippen LogP contribution >= 0.6 is 11.6 Å². The van der Waals surface area contributed by atoms with E-state index >= 15 is 0 Å². The fourth-order valence-electron chi connectivity index (χ4n) is 1.53. The van der Waals surface area contributed by atoms with E-state index in [0.717, 1.165) is 6.42 Å². The zero-order chi connectivity index (χ0) is 13.1. The largest absolute Gasteiger partial charge is 0.366 e. The Hall–Kier alpha value is -0.900. The minimum absolute atomic E-state index is 0.0512. The Morgan fingerprint density at radius 2 is 2.06 bits per heavy atom. The summed E-state index contributed by atoms with van der Waals surface area (Å²) in [7, 11) is 0. The van der Waals surface area contributed by atoms with Gasteiger partial charge < -0.3 is 5.32 Å². The SMILES string of the molecule is Cc1ncnc(NCC(Cl)CC(C)(C)C)c1F. The molecule has 17 heavy (non-hydrogen) atoms. The molecule has 0 fully saturated rings. The van der Waals surface area contributed by atoms with Crippen molar-refractivity contribution in [2.24, 2.45) is 5.41 Å². The summed E-state index contributed by atoms with van der Waals surface area (Å²) in [4.78, 5) is 7.62. The van der Waals surface area contributed by atoms with Crippen molar-refractivity contribution in [3.8, 4) is 0 Å². The molecule has 0 aliphatic rings. The van der Waals surface area contributed by atoms with Crippen molar-refractivity contribution in [2.45, 2.75) is 39.5 Å². The van der Waals surface area contributed by atoms with Gasteiger partial charge in [-0.2, -0.15) is 0 Å². The average Bonchev–Trinajstić information content (AvgIpc) is 2.18. The van der Waals surface area contributed by atoms with Gasteiger partial charge in [-0.15, -0.1) is 11.6 Å². The van der Waals surface area contributed by atoms with Crippen molar-refractivity contribution < 1.29 is 4.39 Å². The summed E-state index contributed by atoms with van der Waals surface area (Å²) in [5.74, 6) is -0.191. The van der Waals surface area contributed by atoms with Gasteiger partial charge in [-0.1, -0.05) is 20.8 Å². The Kier molecular flexibility index (Phi) is 4.69. The molecule has 5 heteroatoms. The third-order valence-corrected chi connectivity index (χ3v) is 2.60. The first-order valence-electron chi connectivity index (χ1n) is 5.64. The Morgan fingerprint density at radius 3 is 2.65 bits per heavy atom. The molecule has 0 saturated carbocycles. The molecule has 0 aliphatic carbocycles. The van der Waals surface area contributed by atoms with Crippen molar-refractivity contribution in [1.82, 2.24) is 9.97 Å². The third-order valence-electron chi connectivity index (χ3n) is 2.29. The van der Waals surface area contributed by atoms with Crippen molar-refractivity contribution in [3.05, 3.63) is 17.8 Å². The van der Waals surface area contributed by atoms with Gasteiger partial charge in [0.05, 0.1) is 11.1 Å². The van der Waals surface area contributed by atoms with Crippen LogP contribution in [0.4, 0.5) is 10.2 Å². The predicted octanol–water partition coefficient (Wildman–Crippen LogP) is 3.38. The number of anilines is 1. The van der Waals surface area contributed by atoms with Crippen LogP contribution in [0.2, 0.25) is 0 Å². The molecule has 0 aliphatic heterocycles. The highest BCUT2D eigenvalue weighted by Gasteiger charge is 2.17. The smallest absolute Gasteiger partial charge is 0.186 e. The summed E-state index contributed by atoms with van der Waals surface area (Å²) in [6.07, 6.45) is 2.20. The van der Waals surface area contributed by atoms with Crippen LogP contribution < -0.4 is 5.32 Å². The second-order valence-electron chi connectivity index (χ2n) is 5.36. The van der Waals surface area contributed by atoms with Crippen LogP contribution in [-0.2, 0) is 0 Å². The quantitative estimate of drug-likeness (QED) is 0.843. The number of rotatable bonds is 4. The highest BCUT2D eigenvalue weighted by molar-refractivity contribution is 6.20. The van der Waals surface area contributed by atoms with E-state index in [1.807, 2.05) is 0 Å². The Morgan fingerprint density at radius 1 is 1.41 bits per heavy atom. The van der Waals surface area contributed by atoms with Crippen molar-refractivity contribution in [1.29, 1.82) is 0 Å². The highest BCUT2D eigenvalue weighted by atomic mass is 35.5. The lowest BCUT2D eigenvalue weighted by Gasteiger charge is -2.22. The molecule has 1 N–H and O–H groups in total. The van der Waals surface area contributed by atoms with Crippen LogP contribution in [0.25, 0.3) is 0 Å². The van der Waals surface area contributed by atoms with Crippen LogP contribution in [0.1, 0.15) is 32.9 Å². The summed E-state index contributed by atoms with van der Waals surface area (Å²) < 4.78 is 13.6. The van der Waals surface area contributed by atoms with Gasteiger partial charge in [-0.05, 0) is 18.8 Å². The van der Waals surface area contributed by atoms with Crippen LogP contribution in [0.15, 0.2) is 6.33 Å². The first kappa shape index (κ1) is 14.2. The second-order valence-corrected chi connectivity index (χ2v) is 5.98. The van der Waals surface area contributed by atoms with E-state index in [9.17, 15) is 4.39 Å². The van der Waals surface area contributed by atoms with Gasteiger partial charge in [-0.3, -0.25) is 0 Å². The molecule has 1 rings (SSSR count). The second kappa shape index (κ2) is 5.63. The Labute approximate surface area is 107 Å². The van der Waals surface area contributed by atoms with Crippen LogP contribution in [0.3, 0.4) is 0 Å². The Balaban J connectivity index is 2.53. The van der Waals surface area contributed by atoms with Gasteiger partial charge in [0.1, 0.15) is 6.33 Å². The van der Waals surface area contributed by atoms with Crippen molar-refractivity contribution in [3.63, 3.8) is 0 Å². The maximum absolute atomic E-state index is 13.6. The minimum atomic E-state index is -0.410. The van der Waals surface area contributed by atoms with E-state index in [4.69, 9.17) is 11.6 Å². The Bertz CT molecular complexity index is 377. The predicted molar refractivity (Wildman–Crippen MR) is 68.9 cm³/mol. The molecule has 96 valence electrons. The molecule has 0 radical (unpaired) electrons. The minimum Gasteiger partial charge on any atom is -0.366 e. The maximum atomic E-state index is 13.6. The number of nitrogens with one attached hydrogen (secondary N) is 1. The highest BCUT2D eigenvalue weighted by Crippen LogP contribution is 2.24. The number of hydrogen-bond donors (Lipinski definition) is 1. The van der Waals surface area contributed by atoms with Crippen LogP contribution in [0.5, 0.6) is 0 Å². The molecule has 3 nitrogen and oxygen atoms in total. The van der Waals surface area contributed by atoms with E-state index in [0.29, 0.717) is 12.2 Å². The molecule has 1 heterocycles. The number of nitrogens with zero attached hydrogens (tertiary/aromatic N) is 2. The van der Waals surface area contributed by atoms with Gasteiger partial charge in [0.15, 0.2) is 11.6 Å². The van der Waals surface area contributed by atoms with Gasteiger partial charge in [0, 0.05) is 6.54 Å². The van der Waals surface area contributed by atoms with Crippen molar-refractivity contribution >= 4 is 17.4 Å². The lowest BCUT2D eigenvalue weighted by molar-refractivity contribution is 0.373. The molecule has 0 spiro atoms. The van der Waals surface area contributed by atoms with E-state index in [2.05, 4.69) is 36.1 Å². The molecule has 0 bridgehead atoms. The van der Waals surface area contributed by atoms with Gasteiger partial charge in [0.25, 0.3) is 0 Å². The molecular formula is C12H19ClFN3. The third kappa shape index (κ3) is 4.86. The van der Waals surface area contributed by atoms with E-state index in [1.54, 1.807) is 6.92 Å². The van der Waals surface area contributed by atoms with Crippen LogP contribution in [0, 0.1) is 18.2 Å². The molecule has 1 aromatic heterocycles. The first-order valence-corrected chi connectivity index (χ1v) is 6.08. The molecule has 1 unspecified atom stereocenters. The molecular weight excluding hydrogens is 241 g/mol. The monoisotopic (exact) mass is 259 g/mol. The molecule has 1 atom stereocenters. The van der Waals surface area contributed by atoms with Gasteiger partial charge >= 0.3 is 0 Å². The average molecular weight is 260 g/mol. The van der Waals surface area contributed by atoms with Crippen LogP contribution in [-0.4, -0.2) is 21.9 Å². The summed E-state index contributed by atoms with van der Waals surface area (Å²) in [6, 6.07) is 0. The van der Waals surface area contributed by atoms with Gasteiger partial charge in [0.2, 0.25) is 0 Å². The summed E-state index contributed by atoms with van der Waals surface area (Å²) >= 11 is 6.18. The number of hydrogen-bond acceptors (Lipinski definition) is 3. The molecule has 1 aromatic rings. The number of aryl methyl sites for hydroxylation is 1. The zero-order valence-corrected chi connectivity index (χ0v) is 11.5. The number of alkyl halides is 1. The molecule has 0 saturated heterocycles. The lowest BCUT2D eigenvalue weighted by atomic mass is 9.90. The summed E-state index contributed by atoms with van der Waals surface area (Å²) in [5.41, 5.74) is 0.498. The molecule has 0 amide bonds. The normalized spacial score (nSPS) is 13.5. The fourth-order valence-corrected chi connectivity index (χ4v) is 2.07. The number of aromatic nitrogens is 2. The van der Waals surface area contributed by atoms with E-state index in [-0.39, 0.29) is 16.6 Å². The number of halogens is 2. The fraction of sp³-hybridized carbons (Fsp3) is 0.667. The topological polar surface area (TPSA) is 37.8 Å². The van der Waals surface area contributed by atoms with Crippen molar-refractivity contribution in [2.75, 3.05) is 11.9 Å². The maximum Gasteiger partial charge on any atom is 0.186 e.